The summed E-state index contributed by atoms with van der Waals surface area (Å²) >= 11 is 6.16. The Morgan fingerprint density at radius 2 is 1.91 bits per heavy atom. The molecule has 0 aliphatic carbocycles. The Morgan fingerprint density at radius 1 is 1.12 bits per heavy atom. The molecule has 0 bridgehead atoms. The Bertz CT molecular complexity index is 1170. The topological polar surface area (TPSA) is 113 Å². The van der Waals surface area contributed by atoms with Gasteiger partial charge in [-0.25, -0.2) is 4.90 Å². The molecule has 0 radical (unpaired) electrons. The molecular formula is C21H18ClN5O5. The lowest BCUT2D eigenvalue weighted by Gasteiger charge is -2.21. The van der Waals surface area contributed by atoms with E-state index in [9.17, 15) is 14.4 Å². The van der Waals surface area contributed by atoms with E-state index in [2.05, 4.69) is 15.7 Å². The number of anilines is 2. The fourth-order valence-electron chi connectivity index (χ4n) is 3.80. The highest BCUT2D eigenvalue weighted by Gasteiger charge is 2.55. The Labute approximate surface area is 187 Å². The van der Waals surface area contributed by atoms with Crippen molar-refractivity contribution in [1.29, 1.82) is 0 Å². The van der Waals surface area contributed by atoms with Gasteiger partial charge < -0.3 is 14.8 Å². The number of fused-ring (bicyclic) bond motifs is 2. The van der Waals surface area contributed by atoms with Gasteiger partial charge in [-0.15, -0.1) is 0 Å². The number of imide groups is 1. The van der Waals surface area contributed by atoms with Gasteiger partial charge in [0.05, 0.1) is 5.69 Å². The fourth-order valence-corrected chi connectivity index (χ4v) is 3.97. The highest BCUT2D eigenvalue weighted by molar-refractivity contribution is 6.32. The lowest BCUT2D eigenvalue weighted by Crippen LogP contribution is -2.43. The van der Waals surface area contributed by atoms with Crippen LogP contribution >= 0.6 is 11.6 Å². The molecule has 11 heteroatoms. The average Bonchev–Trinajstić information content (AvgIpc) is 3.29. The standard InChI is InChI=1S/C21H18ClN5O5/c1-11-2-4-13(9-14(11)22)27-20(29)18-19(21(27)30)26(25-24-18)10-17(28)23-12-3-5-15-16(8-12)32-7-6-31-15/h2-5,8-9,18-19H,6-7,10H2,1H3,(H,23,28)/t18-,19+/m1/s1. The number of benzene rings is 2. The first-order chi connectivity index (χ1) is 15.4. The van der Waals surface area contributed by atoms with Crippen LogP contribution in [0.3, 0.4) is 0 Å². The van der Waals surface area contributed by atoms with Gasteiger partial charge in [0, 0.05) is 16.8 Å². The van der Waals surface area contributed by atoms with Gasteiger partial charge in [0.2, 0.25) is 5.91 Å². The number of nitrogens with zero attached hydrogens (tertiary/aromatic N) is 4. The summed E-state index contributed by atoms with van der Waals surface area (Å²) in [5.41, 5.74) is 1.70. The number of halogens is 1. The minimum Gasteiger partial charge on any atom is -0.486 e. The van der Waals surface area contributed by atoms with Crippen molar-refractivity contribution >= 4 is 40.7 Å². The number of hydrogen-bond acceptors (Lipinski definition) is 8. The Hall–Kier alpha value is -3.66. The van der Waals surface area contributed by atoms with Gasteiger partial charge in [-0.1, -0.05) is 22.9 Å². The maximum Gasteiger partial charge on any atom is 0.263 e. The summed E-state index contributed by atoms with van der Waals surface area (Å²) in [7, 11) is 0. The van der Waals surface area contributed by atoms with Crippen molar-refractivity contribution in [3.8, 4) is 11.5 Å². The molecule has 10 nitrogen and oxygen atoms in total. The van der Waals surface area contributed by atoms with E-state index >= 15 is 0 Å². The van der Waals surface area contributed by atoms with Gasteiger partial charge in [0.25, 0.3) is 11.8 Å². The second-order valence-electron chi connectivity index (χ2n) is 7.54. The number of rotatable bonds is 4. The Morgan fingerprint density at radius 3 is 2.69 bits per heavy atom. The predicted molar refractivity (Wildman–Crippen MR) is 114 cm³/mol. The van der Waals surface area contributed by atoms with Crippen LogP contribution < -0.4 is 19.7 Å². The fraction of sp³-hybridized carbons (Fsp3) is 0.286. The van der Waals surface area contributed by atoms with Crippen LogP contribution in [0.2, 0.25) is 5.02 Å². The molecule has 0 saturated carbocycles. The molecule has 32 heavy (non-hydrogen) atoms. The largest absolute Gasteiger partial charge is 0.486 e. The number of ether oxygens (including phenoxy) is 2. The van der Waals surface area contributed by atoms with Crippen molar-refractivity contribution in [3.05, 3.63) is 47.0 Å². The third-order valence-corrected chi connectivity index (χ3v) is 5.81. The summed E-state index contributed by atoms with van der Waals surface area (Å²) in [6.07, 6.45) is 0. The number of aryl methyl sites for hydroxylation is 1. The third-order valence-electron chi connectivity index (χ3n) is 5.40. The van der Waals surface area contributed by atoms with Gasteiger partial charge >= 0.3 is 0 Å². The zero-order valence-electron chi connectivity index (χ0n) is 16.9. The molecule has 3 aliphatic rings. The van der Waals surface area contributed by atoms with E-state index in [0.717, 1.165) is 10.5 Å². The van der Waals surface area contributed by atoms with Crippen molar-refractivity contribution < 1.29 is 23.9 Å². The van der Waals surface area contributed by atoms with E-state index in [0.29, 0.717) is 41.1 Å². The highest BCUT2D eigenvalue weighted by Crippen LogP contribution is 2.34. The Balaban J connectivity index is 1.29. The van der Waals surface area contributed by atoms with Crippen molar-refractivity contribution in [2.24, 2.45) is 10.3 Å². The minimum atomic E-state index is -0.996. The van der Waals surface area contributed by atoms with E-state index < -0.39 is 29.8 Å². The molecular weight excluding hydrogens is 438 g/mol. The highest BCUT2D eigenvalue weighted by atomic mass is 35.5. The second-order valence-corrected chi connectivity index (χ2v) is 7.95. The third kappa shape index (κ3) is 3.42. The predicted octanol–water partition coefficient (Wildman–Crippen LogP) is 2.35. The summed E-state index contributed by atoms with van der Waals surface area (Å²) in [5, 5.41) is 12.2. The van der Waals surface area contributed by atoms with Gasteiger partial charge in [-0.05, 0) is 36.8 Å². The van der Waals surface area contributed by atoms with Crippen molar-refractivity contribution in [3.63, 3.8) is 0 Å². The zero-order valence-corrected chi connectivity index (χ0v) is 17.7. The first-order valence-corrected chi connectivity index (χ1v) is 10.3. The van der Waals surface area contributed by atoms with Crippen LogP contribution in [0.4, 0.5) is 11.4 Å². The zero-order chi connectivity index (χ0) is 22.4. The summed E-state index contributed by atoms with van der Waals surface area (Å²) in [6.45, 7) is 2.48. The normalized spacial score (nSPS) is 21.2. The smallest absolute Gasteiger partial charge is 0.263 e. The lowest BCUT2D eigenvalue weighted by atomic mass is 10.1. The minimum absolute atomic E-state index is 0.249. The van der Waals surface area contributed by atoms with E-state index in [1.165, 1.54) is 5.01 Å². The lowest BCUT2D eigenvalue weighted by molar-refractivity contribution is -0.123. The maximum absolute atomic E-state index is 13.0. The molecule has 1 fully saturated rings. The van der Waals surface area contributed by atoms with Crippen LogP contribution in [0.15, 0.2) is 46.7 Å². The van der Waals surface area contributed by atoms with E-state index in [-0.39, 0.29) is 6.54 Å². The molecule has 1 N–H and O–H groups in total. The molecule has 3 amide bonds. The molecule has 1 saturated heterocycles. The molecule has 2 atom stereocenters. The van der Waals surface area contributed by atoms with Gasteiger partial charge in [-0.2, -0.15) is 5.11 Å². The quantitative estimate of drug-likeness (QED) is 0.708. The molecule has 0 aromatic heterocycles. The summed E-state index contributed by atoms with van der Waals surface area (Å²) < 4.78 is 11.0. The molecule has 0 unspecified atom stereocenters. The van der Waals surface area contributed by atoms with Crippen molar-refractivity contribution in [2.75, 3.05) is 30.0 Å². The van der Waals surface area contributed by atoms with E-state index in [4.69, 9.17) is 21.1 Å². The van der Waals surface area contributed by atoms with Crippen molar-refractivity contribution in [2.45, 2.75) is 19.0 Å². The van der Waals surface area contributed by atoms with Gasteiger partial charge in [-0.3, -0.25) is 19.4 Å². The second kappa shape index (κ2) is 7.79. The van der Waals surface area contributed by atoms with E-state index in [1.54, 1.807) is 36.4 Å². The van der Waals surface area contributed by atoms with Crippen LogP contribution in [0.1, 0.15) is 5.56 Å². The number of hydrogen-bond donors (Lipinski definition) is 1. The molecule has 5 rings (SSSR count). The number of carbonyl (C=O) groups excluding carboxylic acids is 3. The average molecular weight is 456 g/mol. The first-order valence-electron chi connectivity index (χ1n) is 9.93. The van der Waals surface area contributed by atoms with Gasteiger partial charge in [0.15, 0.2) is 23.6 Å². The molecule has 3 heterocycles. The van der Waals surface area contributed by atoms with Crippen molar-refractivity contribution in [1.82, 2.24) is 5.01 Å². The maximum atomic E-state index is 13.0. The molecule has 0 spiro atoms. The SMILES string of the molecule is Cc1ccc(N2C(=O)[C@@H]3[C@@H](N=NN3CC(=O)Nc3ccc4c(c3)OCCO4)C2=O)cc1Cl. The van der Waals surface area contributed by atoms with Crippen LogP contribution in [-0.2, 0) is 14.4 Å². The summed E-state index contributed by atoms with van der Waals surface area (Å²) in [5.74, 6) is -0.274. The van der Waals surface area contributed by atoms with Crippen LogP contribution in [0.25, 0.3) is 0 Å². The molecule has 2 aromatic rings. The molecule has 2 aromatic carbocycles. The van der Waals surface area contributed by atoms with Crippen LogP contribution in [0, 0.1) is 6.92 Å². The number of carbonyl (C=O) groups is 3. The van der Waals surface area contributed by atoms with Crippen LogP contribution in [-0.4, -0.2) is 54.6 Å². The Kier molecular flexibility index (Phi) is 4.93. The number of amides is 3. The van der Waals surface area contributed by atoms with E-state index in [1.807, 2.05) is 6.92 Å². The molecule has 3 aliphatic heterocycles. The van der Waals surface area contributed by atoms with Crippen LogP contribution in [0.5, 0.6) is 11.5 Å². The number of nitrogens with one attached hydrogen (secondary N) is 1. The van der Waals surface area contributed by atoms with Gasteiger partial charge in [0.1, 0.15) is 19.8 Å². The monoisotopic (exact) mass is 455 g/mol. The first kappa shape index (κ1) is 20.3. The summed E-state index contributed by atoms with van der Waals surface area (Å²) in [4.78, 5) is 39.5. The summed E-state index contributed by atoms with van der Waals surface area (Å²) in [6, 6.07) is 8.02. The molecule has 164 valence electrons.